The van der Waals surface area contributed by atoms with Gasteiger partial charge in [0.2, 0.25) is 0 Å². The third-order valence-corrected chi connectivity index (χ3v) is 12.5. The molecule has 48 heavy (non-hydrogen) atoms. The Morgan fingerprint density at radius 1 is 1.08 bits per heavy atom. The third-order valence-electron chi connectivity index (χ3n) is 12.5. The molecule has 10 heteroatoms. The van der Waals surface area contributed by atoms with Crippen LogP contribution >= 0.6 is 0 Å². The van der Waals surface area contributed by atoms with Crippen molar-refractivity contribution in [1.82, 2.24) is 5.32 Å². The van der Waals surface area contributed by atoms with E-state index in [0.717, 1.165) is 5.57 Å². The number of carbonyl (C=O) groups is 3. The van der Waals surface area contributed by atoms with Crippen LogP contribution < -0.4 is 5.32 Å². The molecule has 3 unspecified atom stereocenters. The number of carbonyl (C=O) groups excluding carboxylic acids is 3. The molecule has 1 heterocycles. The number of Topliss-reactive ketones (excluding diaryl/α,β-unsaturated/α-hetero) is 1. The van der Waals surface area contributed by atoms with Crippen molar-refractivity contribution in [1.29, 1.82) is 0 Å². The molecule has 11 atom stereocenters. The summed E-state index contributed by atoms with van der Waals surface area (Å²) in [6.45, 7) is 19.5. The minimum Gasteiger partial charge on any atom is -0.456 e. The first kappa shape index (κ1) is 36.5. The summed E-state index contributed by atoms with van der Waals surface area (Å²) in [5.41, 5.74) is -2.42. The molecular weight excluding hydrogens is 614 g/mol. The predicted octanol–water partition coefficient (Wildman–Crippen LogP) is 5.30. The molecule has 1 amide bonds. The topological polar surface area (TPSA) is 141 Å². The highest BCUT2D eigenvalue weighted by Gasteiger charge is 2.72. The summed E-state index contributed by atoms with van der Waals surface area (Å²) in [4.78, 5) is 41.5. The zero-order valence-electron chi connectivity index (χ0n) is 30.4. The second kappa shape index (κ2) is 12.2. The number of aliphatic hydroxyl groups excluding tert-OH is 1. The predicted molar refractivity (Wildman–Crippen MR) is 179 cm³/mol. The fourth-order valence-corrected chi connectivity index (χ4v) is 10.2. The van der Waals surface area contributed by atoms with Crippen molar-refractivity contribution in [3.8, 4) is 0 Å². The lowest BCUT2D eigenvalue weighted by atomic mass is 9.40. The van der Waals surface area contributed by atoms with Crippen LogP contribution in [0.4, 0.5) is 4.79 Å². The lowest BCUT2D eigenvalue weighted by molar-refractivity contribution is -0.303. The summed E-state index contributed by atoms with van der Waals surface area (Å²) in [6.07, 6.45) is -3.34. The number of benzene rings is 1. The Labute approximate surface area is 284 Å². The van der Waals surface area contributed by atoms with Gasteiger partial charge in [-0.2, -0.15) is 0 Å². The van der Waals surface area contributed by atoms with E-state index in [-0.39, 0.29) is 35.7 Å². The normalized spacial score (nSPS) is 38.6. The smallest absolute Gasteiger partial charge is 0.408 e. The number of aliphatic hydroxyl groups is 2. The monoisotopic (exact) mass is 669 g/mol. The van der Waals surface area contributed by atoms with Gasteiger partial charge in [0.15, 0.2) is 6.10 Å². The maximum Gasteiger partial charge on any atom is 0.408 e. The summed E-state index contributed by atoms with van der Waals surface area (Å²) in [5.74, 6) is -2.24. The molecule has 3 N–H and O–H groups in total. The number of esters is 1. The van der Waals surface area contributed by atoms with Crippen molar-refractivity contribution in [3.63, 3.8) is 0 Å². The maximum absolute atomic E-state index is 14.9. The van der Waals surface area contributed by atoms with E-state index in [1.54, 1.807) is 58.2 Å². The molecule has 10 nitrogen and oxygen atoms in total. The lowest BCUT2D eigenvalue weighted by Gasteiger charge is -2.69. The second-order valence-electron chi connectivity index (χ2n) is 16.7. The van der Waals surface area contributed by atoms with Crippen molar-refractivity contribution in [3.05, 3.63) is 47.0 Å². The quantitative estimate of drug-likeness (QED) is 0.272. The van der Waals surface area contributed by atoms with Crippen LogP contribution in [0.3, 0.4) is 0 Å². The molecule has 0 aromatic heterocycles. The molecule has 2 saturated carbocycles. The van der Waals surface area contributed by atoms with E-state index in [1.165, 1.54) is 0 Å². The Morgan fingerprint density at radius 3 is 2.25 bits per heavy atom. The number of fused-ring (bicyclic) bond motifs is 5. The molecule has 266 valence electrons. The summed E-state index contributed by atoms with van der Waals surface area (Å²) in [5, 5.41) is 27.2. The van der Waals surface area contributed by atoms with Crippen molar-refractivity contribution in [2.75, 3.05) is 13.7 Å². The van der Waals surface area contributed by atoms with E-state index in [4.69, 9.17) is 18.9 Å². The Hall–Kier alpha value is -2.79. The first-order valence-corrected chi connectivity index (χ1v) is 17.2. The highest BCUT2D eigenvalue weighted by molar-refractivity contribution is 5.91. The molecule has 1 aliphatic heterocycles. The van der Waals surface area contributed by atoms with Gasteiger partial charge in [0.1, 0.15) is 17.5 Å². The Bertz CT molecular complexity index is 1470. The van der Waals surface area contributed by atoms with Gasteiger partial charge in [-0.3, -0.25) is 4.79 Å². The Morgan fingerprint density at radius 2 is 1.71 bits per heavy atom. The number of ether oxygens (including phenoxy) is 4. The van der Waals surface area contributed by atoms with Gasteiger partial charge >= 0.3 is 12.1 Å². The zero-order chi connectivity index (χ0) is 35.8. The fourth-order valence-electron chi connectivity index (χ4n) is 10.2. The standard InChI is InChI=1S/C38H55NO9/c1-20-24(47-32(42)29(40)28(23-15-13-12-14-16-23)39-33(43)48-34(4,5)6)18-38(44)22(3)30-36(9)19-46-25(36)17-26(45-11)37(30,10)31(41)21(2)27(20)35(38,7)8/h12-16,21-22,24-26,28-30,40,44H,17-19H2,1-11H3,(H,39,43)/t21-,22+,24+,25-,26+,28?,29?,30?,36-,37-,38-/m1/s1. The zero-order valence-corrected chi connectivity index (χ0v) is 30.4. The minimum absolute atomic E-state index is 0.0416. The molecule has 3 fully saturated rings. The second-order valence-corrected chi connectivity index (χ2v) is 16.7. The van der Waals surface area contributed by atoms with Crippen molar-refractivity contribution < 1.29 is 43.5 Å². The number of rotatable bonds is 6. The van der Waals surface area contributed by atoms with Crippen molar-refractivity contribution in [2.45, 2.75) is 124 Å². The summed E-state index contributed by atoms with van der Waals surface area (Å²) in [7, 11) is 1.64. The fraction of sp³-hybridized carbons (Fsp3) is 0.711. The van der Waals surface area contributed by atoms with Gasteiger partial charge in [0.05, 0.1) is 35.9 Å². The van der Waals surface area contributed by atoms with E-state index in [0.29, 0.717) is 24.2 Å². The average molecular weight is 670 g/mol. The third kappa shape index (κ3) is 5.51. The average Bonchev–Trinajstić information content (AvgIpc) is 2.99. The van der Waals surface area contributed by atoms with Gasteiger partial charge in [0.25, 0.3) is 0 Å². The summed E-state index contributed by atoms with van der Waals surface area (Å²) < 4.78 is 23.6. The van der Waals surface area contributed by atoms with Crippen LogP contribution in [0, 0.1) is 34.0 Å². The molecular formula is C38H55NO9. The lowest BCUT2D eigenvalue weighted by Crippen LogP contribution is -2.74. The number of hydrogen-bond acceptors (Lipinski definition) is 9. The number of alkyl carbamates (subject to hydrolysis) is 1. The van der Waals surface area contributed by atoms with Crippen molar-refractivity contribution >= 4 is 17.8 Å². The molecule has 0 spiro atoms. The van der Waals surface area contributed by atoms with Gasteiger partial charge in [-0.25, -0.2) is 9.59 Å². The summed E-state index contributed by atoms with van der Waals surface area (Å²) in [6, 6.07) is 7.48. The number of nitrogens with one attached hydrogen (secondary N) is 1. The van der Waals surface area contributed by atoms with Gasteiger partial charge in [-0.15, -0.1) is 0 Å². The summed E-state index contributed by atoms with van der Waals surface area (Å²) >= 11 is 0. The molecule has 1 saturated heterocycles. The largest absolute Gasteiger partial charge is 0.456 e. The molecule has 1 aromatic rings. The maximum atomic E-state index is 14.9. The van der Waals surface area contributed by atoms with Gasteiger partial charge in [-0.05, 0) is 63.2 Å². The van der Waals surface area contributed by atoms with E-state index in [1.807, 2.05) is 41.5 Å². The van der Waals surface area contributed by atoms with Crippen molar-refractivity contribution in [2.24, 2.45) is 34.0 Å². The van der Waals surface area contributed by atoms with Crippen LogP contribution in [0.5, 0.6) is 0 Å². The molecule has 4 aliphatic rings. The number of ketones is 1. The van der Waals surface area contributed by atoms with Crippen LogP contribution in [0.15, 0.2) is 41.5 Å². The SMILES string of the molecule is CO[C@H]1C[C@H]2OC[C@@]2(C)C2[C@H](C)[C@]3(O)C[C@H](OC(=O)C(O)C(NC(=O)OC(C)(C)C)c4ccccc4)C(C)=C([C@@H](C)C(=O)[C@@]21C)C3(C)C. The number of amides is 1. The highest BCUT2D eigenvalue weighted by atomic mass is 16.6. The van der Waals surface area contributed by atoms with E-state index >= 15 is 0 Å². The number of methoxy groups -OCH3 is 1. The molecule has 2 bridgehead atoms. The van der Waals surface area contributed by atoms with Crippen LogP contribution in [0.25, 0.3) is 0 Å². The highest BCUT2D eigenvalue weighted by Crippen LogP contribution is 2.67. The van der Waals surface area contributed by atoms with E-state index in [2.05, 4.69) is 12.2 Å². The first-order valence-electron chi connectivity index (χ1n) is 17.2. The van der Waals surface area contributed by atoms with Gasteiger partial charge in [0, 0.05) is 36.7 Å². The van der Waals surface area contributed by atoms with Crippen LogP contribution in [0.2, 0.25) is 0 Å². The van der Waals surface area contributed by atoms with Gasteiger partial charge in [-0.1, -0.05) is 65.0 Å². The Balaban J connectivity index is 1.54. The molecule has 1 aromatic carbocycles. The van der Waals surface area contributed by atoms with Gasteiger partial charge < -0.3 is 34.5 Å². The van der Waals surface area contributed by atoms with Crippen LogP contribution in [0.1, 0.15) is 93.7 Å². The molecule has 5 rings (SSSR count). The van der Waals surface area contributed by atoms with E-state index in [9.17, 15) is 24.6 Å². The Kier molecular flexibility index (Phi) is 9.28. The minimum atomic E-state index is -1.79. The molecule has 0 radical (unpaired) electrons. The number of hydrogen-bond donors (Lipinski definition) is 3. The first-order chi connectivity index (χ1) is 22.1. The van der Waals surface area contributed by atoms with Crippen LogP contribution in [-0.2, 0) is 28.5 Å². The molecule has 3 aliphatic carbocycles. The van der Waals surface area contributed by atoms with Crippen LogP contribution in [-0.4, -0.2) is 77.4 Å². The van der Waals surface area contributed by atoms with E-state index < -0.39 is 64.2 Å².